The van der Waals surface area contributed by atoms with Gasteiger partial charge in [-0.05, 0) is 62.9 Å². The first-order valence-corrected chi connectivity index (χ1v) is 12.3. The highest BCUT2D eigenvalue weighted by atomic mass is 16.7. The van der Waals surface area contributed by atoms with E-state index in [0.29, 0.717) is 18.7 Å². The highest BCUT2D eigenvalue weighted by molar-refractivity contribution is 6.24. The number of phenols is 1. The van der Waals surface area contributed by atoms with Gasteiger partial charge in [0.2, 0.25) is 5.78 Å². The molecule has 5 rings (SSSR count). The normalized spacial score (nSPS) is 30.3. The van der Waals surface area contributed by atoms with Gasteiger partial charge in [0, 0.05) is 24.6 Å². The number of nitrogens with two attached hydrogens (primary N) is 1. The molecule has 1 aliphatic heterocycles. The van der Waals surface area contributed by atoms with Gasteiger partial charge in [0.15, 0.2) is 11.4 Å². The molecule has 1 heterocycles. The van der Waals surface area contributed by atoms with Crippen LogP contribution in [0.3, 0.4) is 0 Å². The monoisotopic (exact) mass is 513 g/mol. The average molecular weight is 514 g/mol. The molecule has 11 heteroatoms. The molecule has 1 fully saturated rings. The molecule has 1 aromatic rings. The van der Waals surface area contributed by atoms with Crippen molar-refractivity contribution in [3.8, 4) is 5.75 Å². The van der Waals surface area contributed by atoms with E-state index in [1.54, 1.807) is 20.2 Å². The maximum absolute atomic E-state index is 13.7. The lowest BCUT2D eigenvalue weighted by atomic mass is 9.58. The van der Waals surface area contributed by atoms with Crippen molar-refractivity contribution >= 4 is 17.5 Å². The Hall–Kier alpha value is -3.25. The predicted molar refractivity (Wildman–Crippen MR) is 129 cm³/mol. The third kappa shape index (κ3) is 3.68. The molecule has 1 saturated heterocycles. The van der Waals surface area contributed by atoms with Crippen LogP contribution in [0.5, 0.6) is 5.75 Å². The maximum atomic E-state index is 13.7. The molecule has 11 nitrogen and oxygen atoms in total. The lowest BCUT2D eigenvalue weighted by Gasteiger charge is -2.50. The first kappa shape index (κ1) is 25.4. The summed E-state index contributed by atoms with van der Waals surface area (Å²) in [5.41, 5.74) is 3.15. The predicted octanol–water partition coefficient (Wildman–Crippen LogP) is 0.648. The van der Waals surface area contributed by atoms with Crippen LogP contribution in [0.2, 0.25) is 0 Å². The summed E-state index contributed by atoms with van der Waals surface area (Å²) in [4.78, 5) is 46.4. The summed E-state index contributed by atoms with van der Waals surface area (Å²) in [6.07, 6.45) is 2.26. The van der Waals surface area contributed by atoms with E-state index in [1.807, 2.05) is 5.06 Å². The fraction of sp³-hybridized carbons (Fsp3) is 0.500. The number of allylic oxidation sites excluding steroid dienone is 1. The molecule has 4 atom stereocenters. The zero-order valence-electron chi connectivity index (χ0n) is 20.7. The van der Waals surface area contributed by atoms with E-state index in [1.165, 1.54) is 11.0 Å². The number of hydroxylamine groups is 2. The molecule has 0 saturated carbocycles. The quantitative estimate of drug-likeness (QED) is 0.360. The van der Waals surface area contributed by atoms with Crippen molar-refractivity contribution in [3.63, 3.8) is 0 Å². The Morgan fingerprint density at radius 1 is 1.22 bits per heavy atom. The van der Waals surface area contributed by atoms with Gasteiger partial charge >= 0.3 is 0 Å². The van der Waals surface area contributed by atoms with Crippen LogP contribution in [0.15, 0.2) is 34.8 Å². The topological polar surface area (TPSA) is 174 Å². The van der Waals surface area contributed by atoms with Gasteiger partial charge in [-0.15, -0.1) is 0 Å². The number of aliphatic hydroxyl groups excluding tert-OH is 2. The van der Waals surface area contributed by atoms with E-state index in [0.717, 1.165) is 24.9 Å². The van der Waals surface area contributed by atoms with Crippen LogP contribution in [0.1, 0.15) is 40.7 Å². The molecule has 4 aliphatic rings. The van der Waals surface area contributed by atoms with Crippen LogP contribution in [0.4, 0.5) is 0 Å². The van der Waals surface area contributed by atoms with Crippen molar-refractivity contribution in [1.82, 2.24) is 9.96 Å². The Kier molecular flexibility index (Phi) is 6.14. The highest BCUT2D eigenvalue weighted by Crippen LogP contribution is 2.52. The summed E-state index contributed by atoms with van der Waals surface area (Å²) in [7, 11) is 3.20. The molecule has 0 aromatic heterocycles. The van der Waals surface area contributed by atoms with Crippen molar-refractivity contribution in [1.29, 1.82) is 0 Å². The number of carbonyl (C=O) groups is 3. The first-order chi connectivity index (χ1) is 17.5. The van der Waals surface area contributed by atoms with Crippen LogP contribution in [-0.2, 0) is 27.4 Å². The van der Waals surface area contributed by atoms with Gasteiger partial charge in [-0.3, -0.25) is 24.1 Å². The number of primary amides is 1. The third-order valence-electron chi connectivity index (χ3n) is 8.13. The second-order valence-electron chi connectivity index (χ2n) is 10.5. The van der Waals surface area contributed by atoms with Gasteiger partial charge in [0.1, 0.15) is 22.8 Å². The number of Topliss-reactive ketones (excluding diaryl/α,β-unsaturated/α-hetero) is 2. The van der Waals surface area contributed by atoms with E-state index >= 15 is 0 Å². The number of hydrogen-bond acceptors (Lipinski definition) is 10. The van der Waals surface area contributed by atoms with Crippen molar-refractivity contribution < 1.29 is 39.6 Å². The summed E-state index contributed by atoms with van der Waals surface area (Å²) in [6, 6.07) is 2.14. The standard InChI is InChI=1S/C26H31N3O8/c1-28(2)20-15-10-13-9-14-12(11-29-7-3-4-8-37-29)5-6-16(30)18(14)21(31)17(13)23(33)26(15,36)24(34)19(22(20)32)25(27)35/h5-6,13,15,20,30,32-33,36H,3-4,7-11H2,1-2H3,(H2,27,35)/t13-,15-,20-,26-/m0/s1. The Morgan fingerprint density at radius 2 is 1.95 bits per heavy atom. The number of aromatic hydroxyl groups is 1. The molecule has 6 N–H and O–H groups in total. The van der Waals surface area contributed by atoms with E-state index in [4.69, 9.17) is 10.6 Å². The lowest BCUT2D eigenvalue weighted by molar-refractivity contribution is -0.187. The third-order valence-corrected chi connectivity index (χ3v) is 8.13. The molecule has 198 valence electrons. The van der Waals surface area contributed by atoms with Crippen LogP contribution >= 0.6 is 0 Å². The molecular formula is C26H31N3O8. The van der Waals surface area contributed by atoms with Crippen molar-refractivity contribution in [2.75, 3.05) is 27.2 Å². The van der Waals surface area contributed by atoms with Gasteiger partial charge in [-0.1, -0.05) is 6.07 Å². The molecule has 1 aromatic carbocycles. The van der Waals surface area contributed by atoms with Gasteiger partial charge < -0.3 is 26.2 Å². The Morgan fingerprint density at radius 3 is 2.57 bits per heavy atom. The second kappa shape index (κ2) is 8.95. The molecule has 3 aliphatic carbocycles. The minimum atomic E-state index is -2.64. The zero-order chi connectivity index (χ0) is 26.8. The number of ketones is 2. The fourth-order valence-electron chi connectivity index (χ4n) is 6.43. The SMILES string of the molecule is CN(C)[C@@H]1C(O)=C(C(N)=O)C(=O)[C@@]2(O)C(O)=C3C(=O)c4c(O)ccc(CN5CCCCO5)c4C[C@H]3C[C@@H]12. The largest absolute Gasteiger partial charge is 0.510 e. The van der Waals surface area contributed by atoms with Crippen molar-refractivity contribution in [3.05, 3.63) is 51.5 Å². The molecule has 0 bridgehead atoms. The number of benzene rings is 1. The van der Waals surface area contributed by atoms with Gasteiger partial charge in [0.05, 0.1) is 18.2 Å². The van der Waals surface area contributed by atoms with Gasteiger partial charge in [-0.2, -0.15) is 5.06 Å². The van der Waals surface area contributed by atoms with Crippen molar-refractivity contribution in [2.45, 2.75) is 43.9 Å². The van der Waals surface area contributed by atoms with E-state index < -0.39 is 58.0 Å². The van der Waals surface area contributed by atoms with Crippen LogP contribution in [-0.4, -0.2) is 86.8 Å². The Bertz CT molecular complexity index is 1260. The molecule has 37 heavy (non-hydrogen) atoms. The number of likely N-dealkylation sites (N-methyl/N-ethyl adjacent to an activating group) is 1. The minimum Gasteiger partial charge on any atom is -0.510 e. The zero-order valence-corrected chi connectivity index (χ0v) is 20.7. The Balaban J connectivity index is 1.64. The van der Waals surface area contributed by atoms with E-state index in [9.17, 15) is 34.8 Å². The number of phenolic OH excluding ortho intramolecular Hbond substituents is 1. The smallest absolute Gasteiger partial charge is 0.255 e. The van der Waals surface area contributed by atoms with E-state index in [2.05, 4.69) is 0 Å². The van der Waals surface area contributed by atoms with Crippen molar-refractivity contribution in [2.24, 2.45) is 17.6 Å². The summed E-state index contributed by atoms with van der Waals surface area (Å²) in [6.45, 7) is 1.74. The highest BCUT2D eigenvalue weighted by Gasteiger charge is 2.63. The second-order valence-corrected chi connectivity index (χ2v) is 10.5. The summed E-state index contributed by atoms with van der Waals surface area (Å²) in [5.74, 6) is -6.56. The van der Waals surface area contributed by atoms with Gasteiger partial charge in [-0.25, -0.2) is 0 Å². The lowest BCUT2D eigenvalue weighted by Crippen LogP contribution is -2.63. The molecule has 1 amide bonds. The summed E-state index contributed by atoms with van der Waals surface area (Å²) < 4.78 is 0. The first-order valence-electron chi connectivity index (χ1n) is 12.3. The number of carbonyl (C=O) groups excluding carboxylic acids is 3. The summed E-state index contributed by atoms with van der Waals surface area (Å²) in [5, 5.41) is 46.3. The average Bonchev–Trinajstić information content (AvgIpc) is 2.83. The fourth-order valence-corrected chi connectivity index (χ4v) is 6.43. The molecule has 0 radical (unpaired) electrons. The number of nitrogens with zero attached hydrogens (tertiary/aromatic N) is 2. The van der Waals surface area contributed by atoms with Crippen LogP contribution in [0, 0.1) is 11.8 Å². The molecular weight excluding hydrogens is 482 g/mol. The number of amides is 1. The molecule has 0 unspecified atom stereocenters. The van der Waals surface area contributed by atoms with Gasteiger partial charge in [0.25, 0.3) is 5.91 Å². The number of hydrogen-bond donors (Lipinski definition) is 5. The molecule has 0 spiro atoms. The maximum Gasteiger partial charge on any atom is 0.255 e. The number of fused-ring (bicyclic) bond motifs is 3. The Labute approximate surface area is 213 Å². The minimum absolute atomic E-state index is 0.00953. The summed E-state index contributed by atoms with van der Waals surface area (Å²) >= 11 is 0. The number of aliphatic hydroxyl groups is 3. The number of rotatable bonds is 4. The van der Waals surface area contributed by atoms with E-state index in [-0.39, 0.29) is 29.7 Å². The van der Waals surface area contributed by atoms with Crippen LogP contribution in [0.25, 0.3) is 0 Å². The van der Waals surface area contributed by atoms with Crippen LogP contribution < -0.4 is 5.73 Å².